The van der Waals surface area contributed by atoms with Gasteiger partial charge in [0.05, 0.1) is 16.7 Å². The average molecular weight is 334 g/mol. The molecule has 2 heterocycles. The van der Waals surface area contributed by atoms with Crippen LogP contribution in [0.5, 0.6) is 0 Å². The zero-order valence-electron chi connectivity index (χ0n) is 13.2. The minimum absolute atomic E-state index is 0.218. The first-order valence-corrected chi connectivity index (χ1v) is 7.84. The van der Waals surface area contributed by atoms with Crippen molar-refractivity contribution in [2.24, 2.45) is 0 Å². The Bertz CT molecular complexity index is 942. The van der Waals surface area contributed by atoms with Gasteiger partial charge in [-0.2, -0.15) is 0 Å². The number of amides is 3. The highest BCUT2D eigenvalue weighted by Crippen LogP contribution is 2.23. The molecule has 1 saturated heterocycles. The number of benzene rings is 2. The number of rotatable bonds is 3. The molecule has 1 fully saturated rings. The highest BCUT2D eigenvalue weighted by atomic mass is 16.2. The molecule has 124 valence electrons. The minimum atomic E-state index is -0.329. The number of hydrogen-bond donors (Lipinski definition) is 2. The molecule has 7 nitrogen and oxygen atoms in total. The van der Waals surface area contributed by atoms with Crippen molar-refractivity contribution >= 4 is 40.4 Å². The van der Waals surface area contributed by atoms with Crippen molar-refractivity contribution in [2.45, 2.75) is 12.8 Å². The number of aromatic amines is 1. The van der Waals surface area contributed by atoms with Gasteiger partial charge < -0.3 is 4.98 Å². The van der Waals surface area contributed by atoms with Crippen LogP contribution in [-0.2, 0) is 9.59 Å². The first kappa shape index (κ1) is 15.1. The monoisotopic (exact) mass is 334 g/mol. The molecule has 25 heavy (non-hydrogen) atoms. The van der Waals surface area contributed by atoms with E-state index in [1.807, 2.05) is 24.3 Å². The zero-order valence-corrected chi connectivity index (χ0v) is 13.2. The summed E-state index contributed by atoms with van der Waals surface area (Å²) in [7, 11) is 0. The van der Waals surface area contributed by atoms with E-state index >= 15 is 0 Å². The molecule has 2 aromatic carbocycles. The van der Waals surface area contributed by atoms with Gasteiger partial charge >= 0.3 is 0 Å². The molecule has 0 spiro atoms. The summed E-state index contributed by atoms with van der Waals surface area (Å²) in [6.07, 6.45) is 0.459. The summed E-state index contributed by atoms with van der Waals surface area (Å²) in [6, 6.07) is 13.8. The second-order valence-corrected chi connectivity index (χ2v) is 5.73. The number of hydrogen-bond acceptors (Lipinski definition) is 4. The molecule has 4 rings (SSSR count). The predicted molar refractivity (Wildman–Crippen MR) is 92.2 cm³/mol. The Balaban J connectivity index is 1.52. The number of carbonyl (C=O) groups excluding carboxylic acids is 3. The van der Waals surface area contributed by atoms with Gasteiger partial charge in [0.1, 0.15) is 0 Å². The first-order chi connectivity index (χ1) is 12.1. The Morgan fingerprint density at radius 3 is 2.36 bits per heavy atom. The van der Waals surface area contributed by atoms with Crippen molar-refractivity contribution in [2.75, 3.05) is 10.2 Å². The van der Waals surface area contributed by atoms with Crippen LogP contribution in [0.3, 0.4) is 0 Å². The highest BCUT2D eigenvalue weighted by molar-refractivity contribution is 6.20. The predicted octanol–water partition coefficient (Wildman–Crippen LogP) is 2.47. The second-order valence-electron chi connectivity index (χ2n) is 5.73. The standard InChI is InChI=1S/C18H14N4O3/c23-15-9-10-16(24)22(15)12-7-5-11(6-8-12)17(25)21-18-19-13-3-1-2-4-14(13)20-18/h1-8H,9-10H2,(H2,19,20,21,25). The van der Waals surface area contributed by atoms with Gasteiger partial charge in [-0.15, -0.1) is 0 Å². The molecule has 0 saturated carbocycles. The lowest BCUT2D eigenvalue weighted by Crippen LogP contribution is -2.28. The average Bonchev–Trinajstić information content (AvgIpc) is 3.17. The summed E-state index contributed by atoms with van der Waals surface area (Å²) in [5, 5.41) is 2.70. The molecule has 0 radical (unpaired) electrons. The van der Waals surface area contributed by atoms with Crippen molar-refractivity contribution in [1.29, 1.82) is 0 Å². The fourth-order valence-electron chi connectivity index (χ4n) is 2.82. The topological polar surface area (TPSA) is 95.2 Å². The van der Waals surface area contributed by atoms with Crippen LogP contribution in [0.25, 0.3) is 11.0 Å². The second kappa shape index (κ2) is 5.86. The van der Waals surface area contributed by atoms with Crippen molar-refractivity contribution in [3.8, 4) is 0 Å². The van der Waals surface area contributed by atoms with Gasteiger partial charge in [0.25, 0.3) is 5.91 Å². The van der Waals surface area contributed by atoms with Crippen LogP contribution >= 0.6 is 0 Å². The lowest BCUT2D eigenvalue weighted by Gasteiger charge is -2.13. The molecule has 0 atom stereocenters. The smallest absolute Gasteiger partial charge is 0.257 e. The van der Waals surface area contributed by atoms with Gasteiger partial charge in [-0.3, -0.25) is 24.6 Å². The molecule has 1 aliphatic rings. The Labute approximate surface area is 142 Å². The largest absolute Gasteiger partial charge is 0.324 e. The number of imidazole rings is 1. The van der Waals surface area contributed by atoms with Gasteiger partial charge in [-0.1, -0.05) is 12.1 Å². The summed E-state index contributed by atoms with van der Waals surface area (Å²) < 4.78 is 0. The SMILES string of the molecule is O=C(Nc1nc2ccccc2[nH]1)c1ccc(N2C(=O)CCC2=O)cc1. The Hall–Kier alpha value is -3.48. The van der Waals surface area contributed by atoms with E-state index in [0.717, 1.165) is 15.9 Å². The molecule has 3 aromatic rings. The molecular formula is C18H14N4O3. The Morgan fingerprint density at radius 2 is 1.68 bits per heavy atom. The number of carbonyl (C=O) groups is 3. The van der Waals surface area contributed by atoms with Crippen LogP contribution in [0.15, 0.2) is 48.5 Å². The van der Waals surface area contributed by atoms with Crippen LogP contribution < -0.4 is 10.2 Å². The number of imide groups is 1. The van der Waals surface area contributed by atoms with Gasteiger partial charge in [-0.05, 0) is 36.4 Å². The third-order valence-corrected chi connectivity index (χ3v) is 4.06. The Morgan fingerprint density at radius 1 is 1.00 bits per heavy atom. The normalized spacial score (nSPS) is 14.3. The number of anilines is 2. The quantitative estimate of drug-likeness (QED) is 0.719. The Kier molecular flexibility index (Phi) is 3.53. The lowest BCUT2D eigenvalue weighted by molar-refractivity contribution is -0.121. The van der Waals surface area contributed by atoms with E-state index < -0.39 is 0 Å². The molecule has 3 amide bonds. The highest BCUT2D eigenvalue weighted by Gasteiger charge is 2.30. The van der Waals surface area contributed by atoms with Crippen LogP contribution in [0.2, 0.25) is 0 Å². The number of nitrogens with zero attached hydrogens (tertiary/aromatic N) is 2. The lowest BCUT2D eigenvalue weighted by atomic mass is 10.2. The molecule has 2 N–H and O–H groups in total. The molecule has 0 bridgehead atoms. The number of para-hydroxylation sites is 2. The van der Waals surface area contributed by atoms with Gasteiger partial charge in [0.15, 0.2) is 0 Å². The van der Waals surface area contributed by atoms with Crippen molar-refractivity contribution in [3.63, 3.8) is 0 Å². The van der Waals surface area contributed by atoms with E-state index in [1.165, 1.54) is 0 Å². The summed E-state index contributed by atoms with van der Waals surface area (Å²) in [6.45, 7) is 0. The summed E-state index contributed by atoms with van der Waals surface area (Å²) in [5.41, 5.74) is 2.48. The van der Waals surface area contributed by atoms with Crippen LogP contribution in [0.4, 0.5) is 11.6 Å². The maximum atomic E-state index is 12.3. The van der Waals surface area contributed by atoms with Crippen LogP contribution in [0, 0.1) is 0 Å². The fraction of sp³-hybridized carbons (Fsp3) is 0.111. The maximum Gasteiger partial charge on any atom is 0.257 e. The third kappa shape index (κ3) is 2.76. The number of aromatic nitrogens is 2. The van der Waals surface area contributed by atoms with Gasteiger partial charge in [0, 0.05) is 18.4 Å². The van der Waals surface area contributed by atoms with Gasteiger partial charge in [-0.25, -0.2) is 4.98 Å². The van der Waals surface area contributed by atoms with Crippen molar-refractivity contribution < 1.29 is 14.4 Å². The first-order valence-electron chi connectivity index (χ1n) is 7.84. The van der Waals surface area contributed by atoms with Crippen LogP contribution in [-0.4, -0.2) is 27.7 Å². The minimum Gasteiger partial charge on any atom is -0.324 e. The van der Waals surface area contributed by atoms with E-state index in [9.17, 15) is 14.4 Å². The van der Waals surface area contributed by atoms with E-state index in [-0.39, 0.29) is 30.6 Å². The fourth-order valence-corrected chi connectivity index (χ4v) is 2.82. The zero-order chi connectivity index (χ0) is 17.4. The number of fused-ring (bicyclic) bond motifs is 1. The third-order valence-electron chi connectivity index (χ3n) is 4.06. The summed E-state index contributed by atoms with van der Waals surface area (Å²) in [5.74, 6) is -0.404. The van der Waals surface area contributed by atoms with Crippen LogP contribution in [0.1, 0.15) is 23.2 Å². The van der Waals surface area contributed by atoms with E-state index in [2.05, 4.69) is 15.3 Å². The van der Waals surface area contributed by atoms with E-state index in [4.69, 9.17) is 0 Å². The van der Waals surface area contributed by atoms with E-state index in [0.29, 0.717) is 17.2 Å². The van der Waals surface area contributed by atoms with Gasteiger partial charge in [0.2, 0.25) is 17.8 Å². The molecule has 0 aliphatic carbocycles. The molecule has 7 heteroatoms. The number of nitrogens with one attached hydrogen (secondary N) is 2. The molecule has 1 aliphatic heterocycles. The number of H-pyrrole nitrogens is 1. The van der Waals surface area contributed by atoms with Crippen molar-refractivity contribution in [1.82, 2.24) is 9.97 Å². The summed E-state index contributed by atoms with van der Waals surface area (Å²) >= 11 is 0. The molecular weight excluding hydrogens is 320 g/mol. The maximum absolute atomic E-state index is 12.3. The molecule has 1 aromatic heterocycles. The van der Waals surface area contributed by atoms with E-state index in [1.54, 1.807) is 24.3 Å². The van der Waals surface area contributed by atoms with Crippen molar-refractivity contribution in [3.05, 3.63) is 54.1 Å². The summed E-state index contributed by atoms with van der Waals surface area (Å²) in [4.78, 5) is 44.3. The molecule has 0 unspecified atom stereocenters.